The quantitative estimate of drug-likeness (QED) is 0.372. The van der Waals surface area contributed by atoms with E-state index in [1.165, 1.54) is 11.1 Å². The Bertz CT molecular complexity index is 863. The number of para-hydroxylation sites is 2. The van der Waals surface area contributed by atoms with Gasteiger partial charge in [-0.3, -0.25) is 0 Å². The number of benzene rings is 3. The first kappa shape index (κ1) is 18.9. The Morgan fingerprint density at radius 1 is 0.815 bits per heavy atom. The van der Waals surface area contributed by atoms with E-state index in [4.69, 9.17) is 17.0 Å². The molecular weight excluding hydrogens is 352 g/mol. The average molecular weight is 377 g/mol. The van der Waals surface area contributed by atoms with Crippen LogP contribution in [0, 0.1) is 0 Å². The van der Waals surface area contributed by atoms with E-state index in [1.54, 1.807) is 0 Å². The maximum Gasteiger partial charge on any atom is 0.175 e. The summed E-state index contributed by atoms with van der Waals surface area (Å²) < 4.78 is 5.84. The molecule has 0 aliphatic heterocycles. The molecule has 0 heterocycles. The molecule has 0 aliphatic rings. The highest BCUT2D eigenvalue weighted by atomic mass is 32.1. The van der Waals surface area contributed by atoms with Crippen molar-refractivity contribution in [3.05, 3.63) is 78.9 Å². The molecule has 4 heteroatoms. The van der Waals surface area contributed by atoms with Crippen molar-refractivity contribution < 1.29 is 4.74 Å². The van der Waals surface area contributed by atoms with E-state index in [0.717, 1.165) is 30.0 Å². The lowest BCUT2D eigenvalue weighted by molar-refractivity contribution is 0.311. The van der Waals surface area contributed by atoms with Crippen LogP contribution in [0.25, 0.3) is 11.1 Å². The topological polar surface area (TPSA) is 33.3 Å². The molecule has 0 unspecified atom stereocenters. The minimum atomic E-state index is 0.536. The van der Waals surface area contributed by atoms with Crippen LogP contribution in [0.15, 0.2) is 78.9 Å². The second-order valence-corrected chi connectivity index (χ2v) is 6.63. The summed E-state index contributed by atoms with van der Waals surface area (Å²) in [5.41, 5.74) is 4.18. The Balaban J connectivity index is 1.61. The van der Waals surface area contributed by atoms with E-state index in [1.807, 2.05) is 54.6 Å². The Morgan fingerprint density at radius 2 is 1.48 bits per heavy atom. The molecule has 0 aromatic heterocycles. The fraction of sp³-hybridized carbons (Fsp3) is 0.174. The summed E-state index contributed by atoms with van der Waals surface area (Å²) in [6.07, 6.45) is 2.14. The van der Waals surface area contributed by atoms with Crippen molar-refractivity contribution in [2.75, 3.05) is 17.2 Å². The molecule has 0 fully saturated rings. The van der Waals surface area contributed by atoms with Crippen LogP contribution < -0.4 is 15.4 Å². The third-order valence-corrected chi connectivity index (χ3v) is 4.34. The van der Waals surface area contributed by atoms with Gasteiger partial charge in [0.25, 0.3) is 0 Å². The van der Waals surface area contributed by atoms with Gasteiger partial charge in [-0.1, -0.05) is 67.9 Å². The lowest BCUT2D eigenvalue weighted by atomic mass is 10.1. The van der Waals surface area contributed by atoms with Crippen molar-refractivity contribution in [1.29, 1.82) is 0 Å². The highest BCUT2D eigenvalue weighted by Crippen LogP contribution is 2.25. The Morgan fingerprint density at radius 3 is 2.22 bits per heavy atom. The normalized spacial score (nSPS) is 10.3. The predicted molar refractivity (Wildman–Crippen MR) is 119 cm³/mol. The van der Waals surface area contributed by atoms with Gasteiger partial charge in [-0.05, 0) is 54.0 Å². The van der Waals surface area contributed by atoms with Gasteiger partial charge in [-0.25, -0.2) is 0 Å². The Labute approximate surface area is 166 Å². The first-order valence-electron chi connectivity index (χ1n) is 9.21. The number of hydrogen-bond donors (Lipinski definition) is 2. The van der Waals surface area contributed by atoms with Gasteiger partial charge in [-0.2, -0.15) is 0 Å². The number of thiocarbonyl (C=S) groups is 1. The fourth-order valence-corrected chi connectivity index (χ4v) is 2.91. The van der Waals surface area contributed by atoms with Crippen LogP contribution in [-0.4, -0.2) is 11.7 Å². The van der Waals surface area contributed by atoms with Crippen molar-refractivity contribution in [1.82, 2.24) is 0 Å². The number of ether oxygens (including phenoxy) is 1. The summed E-state index contributed by atoms with van der Waals surface area (Å²) in [5.74, 6) is 0.814. The number of unbranched alkanes of at least 4 members (excludes halogenated alkanes) is 1. The van der Waals surface area contributed by atoms with Crippen LogP contribution in [0.2, 0.25) is 0 Å². The van der Waals surface area contributed by atoms with E-state index >= 15 is 0 Å². The fourth-order valence-electron chi connectivity index (χ4n) is 2.68. The maximum atomic E-state index is 5.84. The van der Waals surface area contributed by atoms with Crippen LogP contribution in [-0.2, 0) is 0 Å². The van der Waals surface area contributed by atoms with E-state index < -0.39 is 0 Å². The van der Waals surface area contributed by atoms with E-state index in [-0.39, 0.29) is 0 Å². The molecule has 0 saturated carbocycles. The van der Waals surface area contributed by atoms with Gasteiger partial charge in [-0.15, -0.1) is 0 Å². The minimum absolute atomic E-state index is 0.536. The molecule has 3 nitrogen and oxygen atoms in total. The smallest absolute Gasteiger partial charge is 0.175 e. The average Bonchev–Trinajstić information content (AvgIpc) is 2.71. The van der Waals surface area contributed by atoms with Gasteiger partial charge >= 0.3 is 0 Å². The van der Waals surface area contributed by atoms with Crippen molar-refractivity contribution in [3.8, 4) is 16.9 Å². The Kier molecular flexibility index (Phi) is 6.83. The molecule has 27 heavy (non-hydrogen) atoms. The van der Waals surface area contributed by atoms with Crippen molar-refractivity contribution >= 4 is 28.7 Å². The third kappa shape index (κ3) is 5.56. The first-order valence-corrected chi connectivity index (χ1v) is 9.62. The zero-order chi connectivity index (χ0) is 18.9. The van der Waals surface area contributed by atoms with Gasteiger partial charge in [0, 0.05) is 5.69 Å². The van der Waals surface area contributed by atoms with Crippen LogP contribution in [0.4, 0.5) is 11.4 Å². The molecule has 0 saturated heterocycles. The molecule has 0 atom stereocenters. The lowest BCUT2D eigenvalue weighted by Gasteiger charge is -2.15. The molecule has 0 bridgehead atoms. The highest BCUT2D eigenvalue weighted by molar-refractivity contribution is 7.80. The second-order valence-electron chi connectivity index (χ2n) is 6.22. The molecule has 0 aliphatic carbocycles. The number of nitrogens with one attached hydrogen (secondary N) is 2. The van der Waals surface area contributed by atoms with Gasteiger partial charge in [0.1, 0.15) is 5.75 Å². The number of hydrogen-bond acceptors (Lipinski definition) is 2. The predicted octanol–water partition coefficient (Wildman–Crippen LogP) is 6.34. The largest absolute Gasteiger partial charge is 0.491 e. The number of rotatable bonds is 7. The third-order valence-electron chi connectivity index (χ3n) is 4.14. The summed E-state index contributed by atoms with van der Waals surface area (Å²) >= 11 is 5.46. The van der Waals surface area contributed by atoms with Gasteiger partial charge < -0.3 is 15.4 Å². The summed E-state index contributed by atoms with van der Waals surface area (Å²) in [6, 6.07) is 26.4. The van der Waals surface area contributed by atoms with Crippen LogP contribution in [0.3, 0.4) is 0 Å². The zero-order valence-corrected chi connectivity index (χ0v) is 16.3. The molecule has 0 amide bonds. The molecule has 3 aromatic carbocycles. The van der Waals surface area contributed by atoms with Crippen LogP contribution in [0.5, 0.6) is 5.75 Å². The molecule has 138 valence electrons. The van der Waals surface area contributed by atoms with Crippen molar-refractivity contribution in [2.24, 2.45) is 0 Å². The van der Waals surface area contributed by atoms with Crippen molar-refractivity contribution in [3.63, 3.8) is 0 Å². The zero-order valence-electron chi connectivity index (χ0n) is 15.4. The van der Waals surface area contributed by atoms with E-state index in [9.17, 15) is 0 Å². The van der Waals surface area contributed by atoms with Gasteiger partial charge in [0.05, 0.1) is 12.3 Å². The van der Waals surface area contributed by atoms with Gasteiger partial charge in [0.2, 0.25) is 0 Å². The van der Waals surface area contributed by atoms with E-state index in [2.05, 4.69) is 41.8 Å². The van der Waals surface area contributed by atoms with E-state index in [0.29, 0.717) is 11.7 Å². The van der Waals surface area contributed by atoms with Crippen LogP contribution >= 0.6 is 12.2 Å². The summed E-state index contributed by atoms with van der Waals surface area (Å²) in [7, 11) is 0. The molecule has 3 rings (SSSR count). The standard InChI is InChI=1S/C23H24N2OS/c1-2-3-17-26-22-12-8-7-11-21(22)25-23(27)24-20-15-13-19(14-16-20)18-9-5-4-6-10-18/h4-16H,2-3,17H2,1H3,(H2,24,25,27). The number of anilines is 2. The molecule has 0 spiro atoms. The SMILES string of the molecule is CCCCOc1ccccc1NC(=S)Nc1ccc(-c2ccccc2)cc1. The van der Waals surface area contributed by atoms with Crippen molar-refractivity contribution in [2.45, 2.75) is 19.8 Å². The molecule has 2 N–H and O–H groups in total. The second kappa shape index (κ2) is 9.74. The molecular formula is C23H24N2OS. The maximum absolute atomic E-state index is 5.84. The highest BCUT2D eigenvalue weighted by Gasteiger charge is 2.06. The monoisotopic (exact) mass is 376 g/mol. The molecule has 3 aromatic rings. The lowest BCUT2D eigenvalue weighted by Crippen LogP contribution is -2.19. The summed E-state index contributed by atoms with van der Waals surface area (Å²) in [6.45, 7) is 2.85. The van der Waals surface area contributed by atoms with Crippen LogP contribution in [0.1, 0.15) is 19.8 Å². The first-order chi connectivity index (χ1) is 13.3. The van der Waals surface area contributed by atoms with Gasteiger partial charge in [0.15, 0.2) is 5.11 Å². The molecule has 0 radical (unpaired) electrons. The summed E-state index contributed by atoms with van der Waals surface area (Å²) in [5, 5.41) is 6.99. The Hall–Kier alpha value is -2.85. The minimum Gasteiger partial charge on any atom is -0.491 e. The summed E-state index contributed by atoms with van der Waals surface area (Å²) in [4.78, 5) is 0.